The zero-order valence-electron chi connectivity index (χ0n) is 14.0. The largest absolute Gasteiger partial charge is 0.454 e. The molecule has 10 heteroatoms. The second kappa shape index (κ2) is 7.70. The molecule has 142 valence electrons. The van der Waals surface area contributed by atoms with Crippen molar-refractivity contribution in [2.45, 2.75) is 12.1 Å². The molecule has 0 aliphatic carbocycles. The van der Waals surface area contributed by atoms with E-state index in [1.54, 1.807) is 30.0 Å². The predicted octanol–water partition coefficient (Wildman–Crippen LogP) is 1.21. The molecule has 1 aromatic rings. The first-order valence-electron chi connectivity index (χ1n) is 8.21. The highest BCUT2D eigenvalue weighted by Gasteiger charge is 2.35. The van der Waals surface area contributed by atoms with E-state index < -0.39 is 6.10 Å². The molecule has 2 atom stereocenters. The van der Waals surface area contributed by atoms with E-state index >= 15 is 0 Å². The Morgan fingerprint density at radius 1 is 1.37 bits per heavy atom. The zero-order chi connectivity index (χ0) is 19.0. The summed E-state index contributed by atoms with van der Waals surface area (Å²) >= 11 is 8.00. The molecular formula is C17H16N2O5S3. The fourth-order valence-corrected chi connectivity index (χ4v) is 5.29. The lowest BCUT2D eigenvalue weighted by Gasteiger charge is -2.18. The fourth-order valence-electron chi connectivity index (χ4n) is 2.87. The molecule has 0 unspecified atom stereocenters. The van der Waals surface area contributed by atoms with Crippen molar-refractivity contribution >= 4 is 58.0 Å². The summed E-state index contributed by atoms with van der Waals surface area (Å²) in [5, 5.41) is 12.6. The van der Waals surface area contributed by atoms with E-state index in [1.807, 2.05) is 6.07 Å². The van der Waals surface area contributed by atoms with Gasteiger partial charge in [-0.25, -0.2) is 0 Å². The molecular weight excluding hydrogens is 408 g/mol. The number of thioether (sulfide) groups is 2. The Balaban J connectivity index is 1.43. The summed E-state index contributed by atoms with van der Waals surface area (Å²) in [5.41, 5.74) is 0.787. The van der Waals surface area contributed by atoms with Gasteiger partial charge in [-0.15, -0.1) is 0 Å². The van der Waals surface area contributed by atoms with Crippen molar-refractivity contribution in [3.05, 3.63) is 28.7 Å². The van der Waals surface area contributed by atoms with Crippen LogP contribution in [0, 0.1) is 0 Å². The molecule has 2 N–H and O–H groups in total. The molecule has 0 spiro atoms. The van der Waals surface area contributed by atoms with Crippen molar-refractivity contribution in [2.75, 3.05) is 24.8 Å². The number of benzene rings is 1. The first-order chi connectivity index (χ1) is 13.0. The number of carbonyl (C=O) groups excluding carboxylic acids is 2. The van der Waals surface area contributed by atoms with Crippen LogP contribution in [0.15, 0.2) is 23.1 Å². The third-order valence-corrected chi connectivity index (χ3v) is 6.82. The number of nitrogens with one attached hydrogen (secondary N) is 1. The van der Waals surface area contributed by atoms with E-state index in [9.17, 15) is 14.7 Å². The van der Waals surface area contributed by atoms with Crippen molar-refractivity contribution in [1.82, 2.24) is 10.2 Å². The minimum atomic E-state index is -0.559. The van der Waals surface area contributed by atoms with Gasteiger partial charge in [0.15, 0.2) is 11.5 Å². The second-order valence-electron chi connectivity index (χ2n) is 6.16. The van der Waals surface area contributed by atoms with Crippen LogP contribution in [0.25, 0.3) is 6.08 Å². The van der Waals surface area contributed by atoms with E-state index in [-0.39, 0.29) is 31.2 Å². The number of fused-ring (bicyclic) bond motifs is 1. The van der Waals surface area contributed by atoms with Gasteiger partial charge in [-0.05, 0) is 23.8 Å². The maximum absolute atomic E-state index is 12.7. The van der Waals surface area contributed by atoms with Gasteiger partial charge in [0.05, 0.1) is 17.1 Å². The summed E-state index contributed by atoms with van der Waals surface area (Å²) < 4.78 is 11.0. The average molecular weight is 425 g/mol. The Labute approximate surface area is 169 Å². The van der Waals surface area contributed by atoms with Crippen LogP contribution in [-0.4, -0.2) is 63.1 Å². The number of hydrogen-bond acceptors (Lipinski definition) is 8. The summed E-state index contributed by atoms with van der Waals surface area (Å²) in [4.78, 5) is 26.6. The zero-order valence-corrected chi connectivity index (χ0v) is 16.5. The van der Waals surface area contributed by atoms with E-state index in [1.165, 1.54) is 4.90 Å². The van der Waals surface area contributed by atoms with Gasteiger partial charge in [0.25, 0.3) is 5.91 Å². The van der Waals surface area contributed by atoms with Crippen LogP contribution in [-0.2, 0) is 9.59 Å². The van der Waals surface area contributed by atoms with Crippen molar-refractivity contribution in [1.29, 1.82) is 0 Å². The highest BCUT2D eigenvalue weighted by molar-refractivity contribution is 8.26. The Morgan fingerprint density at radius 3 is 2.96 bits per heavy atom. The Kier molecular flexibility index (Phi) is 5.31. The minimum Gasteiger partial charge on any atom is -0.454 e. The monoisotopic (exact) mass is 424 g/mol. The van der Waals surface area contributed by atoms with E-state index in [0.29, 0.717) is 32.2 Å². The molecule has 2 fully saturated rings. The van der Waals surface area contributed by atoms with Crippen molar-refractivity contribution in [3.8, 4) is 11.5 Å². The number of hydrogen-bond donors (Lipinski definition) is 2. The summed E-state index contributed by atoms with van der Waals surface area (Å²) in [6, 6.07) is 5.12. The summed E-state index contributed by atoms with van der Waals surface area (Å²) in [6.07, 6.45) is 1.16. The van der Waals surface area contributed by atoms with Crippen molar-refractivity contribution in [2.24, 2.45) is 0 Å². The summed E-state index contributed by atoms with van der Waals surface area (Å²) in [7, 11) is 0. The summed E-state index contributed by atoms with van der Waals surface area (Å²) in [5.74, 6) is 1.93. The van der Waals surface area contributed by atoms with Gasteiger partial charge in [0.2, 0.25) is 12.7 Å². The molecule has 0 saturated carbocycles. The lowest BCUT2D eigenvalue weighted by molar-refractivity contribution is -0.129. The quantitative estimate of drug-likeness (QED) is 0.551. The number of rotatable bonds is 4. The molecule has 3 aliphatic heterocycles. The Bertz CT molecular complexity index is 844. The average Bonchev–Trinajstić information content (AvgIpc) is 3.32. The lowest BCUT2D eigenvalue weighted by Crippen LogP contribution is -2.47. The first kappa shape index (κ1) is 18.6. The molecule has 1 aromatic carbocycles. The molecule has 0 bridgehead atoms. The Hall–Kier alpha value is -1.75. The molecule has 3 heterocycles. The number of aliphatic hydroxyl groups is 1. The molecule has 27 heavy (non-hydrogen) atoms. The van der Waals surface area contributed by atoms with Crippen LogP contribution < -0.4 is 14.8 Å². The van der Waals surface area contributed by atoms with Gasteiger partial charge in [-0.1, -0.05) is 30.0 Å². The standard InChI is InChI=1S/C17H16N2O5S3/c20-11-7-26-6-10(11)18-15(21)5-19-16(22)14(27-17(19)25)4-9-1-2-12-13(3-9)24-8-23-12/h1-4,10-11,20H,5-8H2,(H,18,21)/b14-4-/t10-,11-/m0/s1. The van der Waals surface area contributed by atoms with E-state index in [0.717, 1.165) is 17.3 Å². The molecule has 2 saturated heterocycles. The van der Waals surface area contributed by atoms with Gasteiger partial charge >= 0.3 is 0 Å². The number of amides is 2. The molecule has 0 radical (unpaired) electrons. The van der Waals surface area contributed by atoms with E-state index in [4.69, 9.17) is 21.7 Å². The number of aliphatic hydroxyl groups excluding tert-OH is 1. The fraction of sp³-hybridized carbons (Fsp3) is 0.353. The number of thiocarbonyl (C=S) groups is 1. The van der Waals surface area contributed by atoms with Gasteiger partial charge in [-0.3, -0.25) is 14.5 Å². The van der Waals surface area contributed by atoms with Gasteiger partial charge in [-0.2, -0.15) is 11.8 Å². The molecule has 3 aliphatic rings. The van der Waals surface area contributed by atoms with Gasteiger partial charge in [0, 0.05) is 11.5 Å². The first-order valence-corrected chi connectivity index (χ1v) is 10.6. The number of carbonyl (C=O) groups is 2. The van der Waals surface area contributed by atoms with Gasteiger partial charge < -0.3 is 19.9 Å². The van der Waals surface area contributed by atoms with Crippen LogP contribution in [0.5, 0.6) is 11.5 Å². The summed E-state index contributed by atoms with van der Waals surface area (Å²) in [6.45, 7) is 0.0290. The molecule has 0 aromatic heterocycles. The predicted molar refractivity (Wildman–Crippen MR) is 108 cm³/mol. The smallest absolute Gasteiger partial charge is 0.266 e. The van der Waals surface area contributed by atoms with Crippen LogP contribution >= 0.6 is 35.7 Å². The second-order valence-corrected chi connectivity index (χ2v) is 8.91. The molecule has 7 nitrogen and oxygen atoms in total. The van der Waals surface area contributed by atoms with Crippen LogP contribution in [0.2, 0.25) is 0 Å². The minimum absolute atomic E-state index is 0.156. The van der Waals surface area contributed by atoms with E-state index in [2.05, 4.69) is 5.32 Å². The number of nitrogens with zero attached hydrogens (tertiary/aromatic N) is 1. The highest BCUT2D eigenvalue weighted by atomic mass is 32.2. The Morgan fingerprint density at radius 2 is 2.19 bits per heavy atom. The van der Waals surface area contributed by atoms with Crippen LogP contribution in [0.4, 0.5) is 0 Å². The van der Waals surface area contributed by atoms with Crippen LogP contribution in [0.3, 0.4) is 0 Å². The van der Waals surface area contributed by atoms with Crippen molar-refractivity contribution in [3.63, 3.8) is 0 Å². The SMILES string of the molecule is O=C(CN1C(=O)/C(=C/c2ccc3c(c2)OCO3)SC1=S)N[C@H]1CSC[C@@H]1O. The molecule has 4 rings (SSSR count). The van der Waals surface area contributed by atoms with Crippen LogP contribution in [0.1, 0.15) is 5.56 Å². The maximum Gasteiger partial charge on any atom is 0.266 e. The third-order valence-electron chi connectivity index (χ3n) is 4.27. The third kappa shape index (κ3) is 3.93. The normalized spacial score (nSPS) is 25.5. The highest BCUT2D eigenvalue weighted by Crippen LogP contribution is 2.36. The molecule has 2 amide bonds. The number of ether oxygens (including phenoxy) is 2. The maximum atomic E-state index is 12.7. The lowest BCUT2D eigenvalue weighted by atomic mass is 10.2. The topological polar surface area (TPSA) is 88.1 Å². The van der Waals surface area contributed by atoms with Gasteiger partial charge in [0.1, 0.15) is 10.9 Å². The van der Waals surface area contributed by atoms with Crippen molar-refractivity contribution < 1.29 is 24.2 Å².